The molecule has 328 valence electrons. The monoisotopic (exact) mass is 848 g/mol. The second-order valence-electron chi connectivity index (χ2n) is 19.9. The highest BCUT2D eigenvalue weighted by Crippen LogP contribution is 2.50. The van der Waals surface area contributed by atoms with E-state index in [2.05, 4.69) is 86.6 Å². The standard InChI is InChI=1S/C60H64O4/c1-37-31-49(59(61)51(33-37)57-43-21-7-3-17-39(43)35-40-18-4-8-22-44(40)57)47-25-11-13-27-53(47)63-55-29-15-16-30-56(55)64-54-28-14-12-26-48(54)50-32-38(2)34-52(60(50)62)58-45-23-9-5-19-41(45)36-42-20-6-10-24-46(42)58/h11-14,25-28,31-36,55-56,61-62H,3-10,15-24,29-30H2,1-2H3/t55-,56?/m1/s1. The van der Waals surface area contributed by atoms with Crippen molar-refractivity contribution in [1.29, 1.82) is 0 Å². The van der Waals surface area contributed by atoms with Crippen LogP contribution in [0.2, 0.25) is 0 Å². The van der Waals surface area contributed by atoms with Gasteiger partial charge in [0.1, 0.15) is 35.2 Å². The van der Waals surface area contributed by atoms with Gasteiger partial charge in [0.05, 0.1) is 0 Å². The Balaban J connectivity index is 0.933. The van der Waals surface area contributed by atoms with Gasteiger partial charge in [-0.15, -0.1) is 0 Å². The fourth-order valence-corrected chi connectivity index (χ4v) is 12.5. The molecule has 2 N–H and O–H groups in total. The van der Waals surface area contributed by atoms with Crippen LogP contribution in [0.3, 0.4) is 0 Å². The summed E-state index contributed by atoms with van der Waals surface area (Å²) in [5.74, 6) is 2.26. The van der Waals surface area contributed by atoms with Crippen LogP contribution < -0.4 is 9.47 Å². The summed E-state index contributed by atoms with van der Waals surface area (Å²) in [6.45, 7) is 4.33. The van der Waals surface area contributed by atoms with Gasteiger partial charge in [-0.3, -0.25) is 0 Å². The minimum atomic E-state index is -0.188. The first-order valence-electron chi connectivity index (χ1n) is 24.9. The van der Waals surface area contributed by atoms with E-state index in [1.807, 2.05) is 12.1 Å². The topological polar surface area (TPSA) is 58.9 Å². The molecule has 0 aromatic heterocycles. The minimum Gasteiger partial charge on any atom is -0.507 e. The molecular weight excluding hydrogens is 785 g/mol. The zero-order valence-corrected chi connectivity index (χ0v) is 38.1. The number of hydrogen-bond acceptors (Lipinski definition) is 4. The fraction of sp³-hybridized carbons (Fsp3) is 0.400. The molecule has 0 saturated heterocycles. The Morgan fingerprint density at radius 3 is 1.08 bits per heavy atom. The van der Waals surface area contributed by atoms with Crippen molar-refractivity contribution in [2.45, 2.75) is 154 Å². The Bertz CT molecular complexity index is 2500. The normalized spacial score (nSPS) is 19.2. The van der Waals surface area contributed by atoms with Crippen LogP contribution in [0.25, 0.3) is 44.5 Å². The predicted octanol–water partition coefficient (Wildman–Crippen LogP) is 14.7. The summed E-state index contributed by atoms with van der Waals surface area (Å²) >= 11 is 0. The third-order valence-corrected chi connectivity index (χ3v) is 15.5. The number of para-hydroxylation sites is 2. The van der Waals surface area contributed by atoms with Crippen molar-refractivity contribution in [3.05, 3.63) is 141 Å². The molecule has 0 aliphatic heterocycles. The summed E-state index contributed by atoms with van der Waals surface area (Å²) in [6, 6.07) is 30.3. The second kappa shape index (κ2) is 17.5. The van der Waals surface area contributed by atoms with E-state index in [4.69, 9.17) is 9.47 Å². The molecule has 4 heteroatoms. The van der Waals surface area contributed by atoms with Gasteiger partial charge in [-0.1, -0.05) is 48.5 Å². The quantitative estimate of drug-likeness (QED) is 0.160. The molecule has 0 radical (unpaired) electrons. The summed E-state index contributed by atoms with van der Waals surface area (Å²) in [5, 5.41) is 25.0. The number of aryl methyl sites for hydroxylation is 6. The first-order valence-corrected chi connectivity index (χ1v) is 24.9. The third-order valence-electron chi connectivity index (χ3n) is 15.5. The first-order chi connectivity index (χ1) is 31.4. The molecule has 0 amide bonds. The molecule has 1 unspecified atom stereocenters. The van der Waals surface area contributed by atoms with E-state index in [1.165, 1.54) is 107 Å². The maximum absolute atomic E-state index is 12.5. The molecule has 6 aromatic carbocycles. The molecule has 1 saturated carbocycles. The smallest absolute Gasteiger partial charge is 0.135 e. The summed E-state index contributed by atoms with van der Waals surface area (Å²) < 4.78 is 14.3. The number of hydrogen-bond donors (Lipinski definition) is 2. The number of fused-ring (bicyclic) bond motifs is 4. The van der Waals surface area contributed by atoms with E-state index in [-0.39, 0.29) is 12.2 Å². The lowest BCUT2D eigenvalue weighted by atomic mass is 9.76. The lowest BCUT2D eigenvalue weighted by Gasteiger charge is -2.33. The van der Waals surface area contributed by atoms with Gasteiger partial charge in [0, 0.05) is 33.4 Å². The molecule has 6 aromatic rings. The molecule has 0 spiro atoms. The SMILES string of the molecule is Cc1cc(-c2ccccc2OC2CCCC[C@H]2Oc2ccccc2-c2cc(C)cc(-c3c4c(cc5c3CCCC5)CCCC4)c2O)c(O)c(-c2c3c(cc4c2CCCC4)CCCC3)c1. The number of benzene rings is 6. The van der Waals surface area contributed by atoms with Crippen LogP contribution in [-0.4, -0.2) is 22.4 Å². The van der Waals surface area contributed by atoms with Gasteiger partial charge in [-0.05, 0) is 245 Å². The Morgan fingerprint density at radius 2 is 0.703 bits per heavy atom. The number of aromatic hydroxyl groups is 2. The van der Waals surface area contributed by atoms with Crippen molar-refractivity contribution in [3.8, 4) is 67.5 Å². The molecule has 2 atom stereocenters. The van der Waals surface area contributed by atoms with Gasteiger partial charge in [0.25, 0.3) is 0 Å². The average Bonchev–Trinajstić information content (AvgIpc) is 3.32. The average molecular weight is 849 g/mol. The molecule has 4 nitrogen and oxygen atoms in total. The summed E-state index contributed by atoms with van der Waals surface area (Å²) in [7, 11) is 0. The maximum atomic E-state index is 12.5. The summed E-state index contributed by atoms with van der Waals surface area (Å²) in [4.78, 5) is 0. The van der Waals surface area contributed by atoms with Crippen LogP contribution >= 0.6 is 0 Å². The second-order valence-corrected chi connectivity index (χ2v) is 19.9. The molecule has 5 aliphatic rings. The zero-order chi connectivity index (χ0) is 43.3. The Kier molecular flexibility index (Phi) is 11.3. The molecule has 5 aliphatic carbocycles. The van der Waals surface area contributed by atoms with Crippen LogP contribution in [0.5, 0.6) is 23.0 Å². The highest BCUT2D eigenvalue weighted by Gasteiger charge is 2.33. The number of phenols is 2. The van der Waals surface area contributed by atoms with Crippen molar-refractivity contribution in [1.82, 2.24) is 0 Å². The largest absolute Gasteiger partial charge is 0.507 e. The predicted molar refractivity (Wildman–Crippen MR) is 261 cm³/mol. The van der Waals surface area contributed by atoms with Crippen molar-refractivity contribution >= 4 is 0 Å². The Labute approximate surface area is 380 Å². The molecule has 64 heavy (non-hydrogen) atoms. The first kappa shape index (κ1) is 41.2. The zero-order valence-electron chi connectivity index (χ0n) is 38.1. The van der Waals surface area contributed by atoms with E-state index in [0.717, 1.165) is 133 Å². The van der Waals surface area contributed by atoms with E-state index in [1.54, 1.807) is 0 Å². The molecule has 11 rings (SSSR count). The molecular formula is C60H64O4. The van der Waals surface area contributed by atoms with Gasteiger partial charge in [0.2, 0.25) is 0 Å². The van der Waals surface area contributed by atoms with Crippen LogP contribution in [0.4, 0.5) is 0 Å². The number of rotatable bonds is 8. The van der Waals surface area contributed by atoms with Gasteiger partial charge in [0.15, 0.2) is 0 Å². The van der Waals surface area contributed by atoms with E-state index < -0.39 is 0 Å². The summed E-state index contributed by atoms with van der Waals surface area (Å²) in [5.41, 5.74) is 22.1. The van der Waals surface area contributed by atoms with Gasteiger partial charge < -0.3 is 19.7 Å². The molecule has 0 heterocycles. The minimum absolute atomic E-state index is 0.188. The van der Waals surface area contributed by atoms with E-state index in [9.17, 15) is 10.2 Å². The van der Waals surface area contributed by atoms with Crippen molar-refractivity contribution in [3.63, 3.8) is 0 Å². The number of ether oxygens (including phenoxy) is 2. The van der Waals surface area contributed by atoms with Crippen LogP contribution in [0, 0.1) is 13.8 Å². The van der Waals surface area contributed by atoms with Crippen molar-refractivity contribution < 1.29 is 19.7 Å². The van der Waals surface area contributed by atoms with Gasteiger partial charge in [-0.2, -0.15) is 0 Å². The van der Waals surface area contributed by atoms with Gasteiger partial charge >= 0.3 is 0 Å². The Morgan fingerprint density at radius 1 is 0.375 bits per heavy atom. The maximum Gasteiger partial charge on any atom is 0.135 e. The third kappa shape index (κ3) is 7.59. The van der Waals surface area contributed by atoms with Gasteiger partial charge in [-0.25, -0.2) is 0 Å². The van der Waals surface area contributed by atoms with Crippen molar-refractivity contribution in [2.75, 3.05) is 0 Å². The lowest BCUT2D eigenvalue weighted by Crippen LogP contribution is -2.39. The molecule has 0 bridgehead atoms. The Hall–Kier alpha value is -5.48. The lowest BCUT2D eigenvalue weighted by molar-refractivity contribution is 0.0238. The van der Waals surface area contributed by atoms with E-state index in [0.29, 0.717) is 11.5 Å². The van der Waals surface area contributed by atoms with E-state index >= 15 is 0 Å². The van der Waals surface area contributed by atoms with Crippen LogP contribution in [-0.2, 0) is 51.4 Å². The van der Waals surface area contributed by atoms with Crippen LogP contribution in [0.1, 0.15) is 133 Å². The fourth-order valence-electron chi connectivity index (χ4n) is 12.5. The highest BCUT2D eigenvalue weighted by molar-refractivity contribution is 5.90. The van der Waals surface area contributed by atoms with Crippen molar-refractivity contribution in [2.24, 2.45) is 0 Å². The van der Waals surface area contributed by atoms with Crippen LogP contribution in [0.15, 0.2) is 84.9 Å². The molecule has 1 fully saturated rings. The summed E-state index contributed by atoms with van der Waals surface area (Å²) in [6.07, 6.45) is 22.1. The highest BCUT2D eigenvalue weighted by atomic mass is 16.5. The number of phenolic OH excluding ortho intramolecular Hbond substituents is 2.